The van der Waals surface area contributed by atoms with Crippen molar-refractivity contribution in [1.29, 1.82) is 5.26 Å². The smallest absolute Gasteiger partial charge is 0.386 e. The summed E-state index contributed by atoms with van der Waals surface area (Å²) in [5.41, 5.74) is -1.97. The van der Waals surface area contributed by atoms with Gasteiger partial charge in [0.1, 0.15) is 5.60 Å². The topological polar surface area (TPSA) is 78.0 Å². The molecule has 0 amide bonds. The Morgan fingerprint density at radius 2 is 2.17 bits per heavy atom. The van der Waals surface area contributed by atoms with Crippen LogP contribution in [0.1, 0.15) is 17.5 Å². The fraction of sp³-hybridized carbons (Fsp3) is 0.400. The van der Waals surface area contributed by atoms with Gasteiger partial charge < -0.3 is 10.0 Å². The number of rotatable bonds is 3. The zero-order valence-corrected chi connectivity index (χ0v) is 12.5. The second-order valence-electron chi connectivity index (χ2n) is 5.84. The van der Waals surface area contributed by atoms with Gasteiger partial charge in [-0.3, -0.25) is 0 Å². The van der Waals surface area contributed by atoms with E-state index < -0.39 is 17.3 Å². The summed E-state index contributed by atoms with van der Waals surface area (Å²) >= 11 is 0. The summed E-state index contributed by atoms with van der Waals surface area (Å²) in [5, 5.41) is 27.0. The molecule has 1 N–H and O–H groups in total. The standard InChI is InChI=1S/C15H14F3N5O/c16-15(17,18)12-2-1-11(8-19)7-13(12)22-5-3-14(24,9-22)10-23-6-4-20-21-23/h1-2,4,6-7,24H,3,5,9-10H2. The Bertz CT molecular complexity index is 768. The Labute approximate surface area is 135 Å². The van der Waals surface area contributed by atoms with Gasteiger partial charge >= 0.3 is 6.18 Å². The van der Waals surface area contributed by atoms with E-state index in [4.69, 9.17) is 5.26 Å². The number of hydrogen-bond donors (Lipinski definition) is 1. The summed E-state index contributed by atoms with van der Waals surface area (Å²) in [6, 6.07) is 5.11. The maximum Gasteiger partial charge on any atom is 0.418 e. The molecule has 0 aliphatic carbocycles. The van der Waals surface area contributed by atoms with Crippen LogP contribution in [-0.4, -0.2) is 38.8 Å². The first-order valence-corrected chi connectivity index (χ1v) is 7.23. The molecule has 3 rings (SSSR count). The van der Waals surface area contributed by atoms with Crippen LogP contribution in [0, 0.1) is 11.3 Å². The fourth-order valence-electron chi connectivity index (χ4n) is 2.91. The molecule has 1 aromatic heterocycles. The number of hydrogen-bond acceptors (Lipinski definition) is 5. The Kier molecular flexibility index (Phi) is 3.93. The van der Waals surface area contributed by atoms with Crippen molar-refractivity contribution in [2.75, 3.05) is 18.0 Å². The van der Waals surface area contributed by atoms with Gasteiger partial charge in [-0.1, -0.05) is 5.21 Å². The summed E-state index contributed by atoms with van der Waals surface area (Å²) in [6.45, 7) is 0.413. The molecule has 1 aliphatic heterocycles. The van der Waals surface area contributed by atoms with Crippen LogP contribution in [0.3, 0.4) is 0 Å². The average molecular weight is 337 g/mol. The van der Waals surface area contributed by atoms with Gasteiger partial charge in [-0.2, -0.15) is 18.4 Å². The Balaban J connectivity index is 1.89. The number of nitrogens with zero attached hydrogens (tertiary/aromatic N) is 5. The first-order valence-electron chi connectivity index (χ1n) is 7.23. The van der Waals surface area contributed by atoms with Gasteiger partial charge in [0.15, 0.2) is 0 Å². The van der Waals surface area contributed by atoms with E-state index >= 15 is 0 Å². The normalized spacial score (nSPS) is 21.0. The zero-order chi connectivity index (χ0) is 17.4. The molecule has 24 heavy (non-hydrogen) atoms. The number of anilines is 1. The highest BCUT2D eigenvalue weighted by atomic mass is 19.4. The summed E-state index contributed by atoms with van der Waals surface area (Å²) < 4.78 is 41.2. The molecule has 126 valence electrons. The van der Waals surface area contributed by atoms with Crippen molar-refractivity contribution in [2.24, 2.45) is 0 Å². The van der Waals surface area contributed by atoms with Crippen LogP contribution in [0.2, 0.25) is 0 Å². The van der Waals surface area contributed by atoms with Crippen LogP contribution < -0.4 is 4.90 Å². The third-order valence-corrected chi connectivity index (χ3v) is 4.03. The van der Waals surface area contributed by atoms with Crippen LogP contribution in [-0.2, 0) is 12.7 Å². The largest absolute Gasteiger partial charge is 0.418 e. The molecule has 0 bridgehead atoms. The molecular weight excluding hydrogens is 323 g/mol. The van der Waals surface area contributed by atoms with Crippen LogP contribution >= 0.6 is 0 Å². The fourth-order valence-corrected chi connectivity index (χ4v) is 2.91. The van der Waals surface area contributed by atoms with Crippen molar-refractivity contribution < 1.29 is 18.3 Å². The molecule has 2 aromatic rings. The third-order valence-electron chi connectivity index (χ3n) is 4.03. The summed E-state index contributed by atoms with van der Waals surface area (Å²) in [4.78, 5) is 1.46. The van der Waals surface area contributed by atoms with Crippen LogP contribution in [0.4, 0.5) is 18.9 Å². The van der Waals surface area contributed by atoms with Crippen molar-refractivity contribution in [2.45, 2.75) is 24.7 Å². The molecule has 0 saturated carbocycles. The third kappa shape index (κ3) is 3.19. The van der Waals surface area contributed by atoms with Gasteiger partial charge in [0.25, 0.3) is 0 Å². The second kappa shape index (κ2) is 5.79. The monoisotopic (exact) mass is 337 g/mol. The number of aliphatic hydroxyl groups is 1. The minimum atomic E-state index is -4.53. The van der Waals surface area contributed by atoms with Gasteiger partial charge in [-0.25, -0.2) is 4.68 Å². The van der Waals surface area contributed by atoms with Gasteiger partial charge in [0, 0.05) is 19.3 Å². The highest BCUT2D eigenvalue weighted by Crippen LogP contribution is 2.39. The van der Waals surface area contributed by atoms with E-state index in [1.165, 1.54) is 21.8 Å². The van der Waals surface area contributed by atoms with E-state index in [9.17, 15) is 18.3 Å². The van der Waals surface area contributed by atoms with E-state index in [0.29, 0.717) is 6.42 Å². The number of β-amino-alcohol motifs (C(OH)–C–C–N with tert-alkyl or cyclic N) is 1. The SMILES string of the molecule is N#Cc1ccc(C(F)(F)F)c(N2CCC(O)(Cn3ccnn3)C2)c1. The summed E-state index contributed by atoms with van der Waals surface area (Å²) in [7, 11) is 0. The number of halogens is 3. The zero-order valence-electron chi connectivity index (χ0n) is 12.5. The molecule has 0 radical (unpaired) electrons. The molecule has 1 unspecified atom stereocenters. The Hall–Kier alpha value is -2.60. The Morgan fingerprint density at radius 1 is 1.38 bits per heavy atom. The molecule has 9 heteroatoms. The first-order chi connectivity index (χ1) is 11.3. The number of benzene rings is 1. The second-order valence-corrected chi connectivity index (χ2v) is 5.84. The van der Waals surface area contributed by atoms with Crippen molar-refractivity contribution in [3.63, 3.8) is 0 Å². The quantitative estimate of drug-likeness (QED) is 0.924. The van der Waals surface area contributed by atoms with Crippen molar-refractivity contribution >= 4 is 5.69 Å². The van der Waals surface area contributed by atoms with Gasteiger partial charge in [0.2, 0.25) is 0 Å². The molecule has 1 aliphatic rings. The van der Waals surface area contributed by atoms with Gasteiger partial charge in [-0.15, -0.1) is 5.10 Å². The van der Waals surface area contributed by atoms with E-state index in [-0.39, 0.29) is 30.9 Å². The predicted molar refractivity (Wildman–Crippen MR) is 78.0 cm³/mol. The van der Waals surface area contributed by atoms with Crippen molar-refractivity contribution in [3.05, 3.63) is 41.7 Å². The summed E-state index contributed by atoms with van der Waals surface area (Å²) in [5.74, 6) is 0. The lowest BCUT2D eigenvalue weighted by Crippen LogP contribution is -2.38. The minimum Gasteiger partial charge on any atom is -0.386 e. The highest BCUT2D eigenvalue weighted by Gasteiger charge is 2.41. The molecule has 1 fully saturated rings. The average Bonchev–Trinajstić information content (AvgIpc) is 3.16. The van der Waals surface area contributed by atoms with Gasteiger partial charge in [-0.05, 0) is 24.6 Å². The maximum atomic E-state index is 13.2. The van der Waals surface area contributed by atoms with Crippen LogP contribution in [0.5, 0.6) is 0 Å². The molecule has 1 saturated heterocycles. The van der Waals surface area contributed by atoms with Crippen LogP contribution in [0.15, 0.2) is 30.6 Å². The van der Waals surface area contributed by atoms with Gasteiger partial charge in [0.05, 0.1) is 35.6 Å². The highest BCUT2D eigenvalue weighted by molar-refractivity contribution is 5.59. The number of nitriles is 1. The van der Waals surface area contributed by atoms with Crippen LogP contribution in [0.25, 0.3) is 0 Å². The van der Waals surface area contributed by atoms with Crippen molar-refractivity contribution in [3.8, 4) is 6.07 Å². The lowest BCUT2D eigenvalue weighted by molar-refractivity contribution is -0.137. The summed E-state index contributed by atoms with van der Waals surface area (Å²) in [6.07, 6.45) is -1.19. The predicted octanol–water partition coefficient (Wildman–Crippen LogP) is 1.81. The Morgan fingerprint density at radius 3 is 2.79 bits per heavy atom. The molecule has 2 heterocycles. The molecule has 0 spiro atoms. The molecular formula is C15H14F3N5O. The van der Waals surface area contributed by atoms with Crippen molar-refractivity contribution in [1.82, 2.24) is 15.0 Å². The maximum absolute atomic E-state index is 13.2. The van der Waals surface area contributed by atoms with E-state index in [1.54, 1.807) is 6.20 Å². The minimum absolute atomic E-state index is 0.0187. The van der Waals surface area contributed by atoms with E-state index in [2.05, 4.69) is 10.3 Å². The lowest BCUT2D eigenvalue weighted by Gasteiger charge is -2.26. The van der Waals surface area contributed by atoms with E-state index in [1.807, 2.05) is 6.07 Å². The number of alkyl halides is 3. The van der Waals surface area contributed by atoms with E-state index in [0.717, 1.165) is 12.1 Å². The number of aromatic nitrogens is 3. The molecule has 1 atom stereocenters. The lowest BCUT2D eigenvalue weighted by atomic mass is 10.0. The molecule has 6 nitrogen and oxygen atoms in total. The molecule has 1 aromatic carbocycles. The first kappa shape index (κ1) is 16.3.